The molecule has 0 aliphatic rings. The van der Waals surface area contributed by atoms with Crippen LogP contribution in [0.15, 0.2) is 54.9 Å². The zero-order valence-corrected chi connectivity index (χ0v) is 17.5. The molecule has 31 heavy (non-hydrogen) atoms. The Labute approximate surface area is 180 Å². The molecule has 10 nitrogen and oxygen atoms in total. The number of rotatable bonds is 8. The minimum atomic E-state index is -0.356. The maximum absolute atomic E-state index is 12.7. The summed E-state index contributed by atoms with van der Waals surface area (Å²) in [4.78, 5) is 33.1. The van der Waals surface area contributed by atoms with E-state index in [4.69, 9.17) is 5.73 Å². The molecule has 1 aromatic carbocycles. The van der Waals surface area contributed by atoms with E-state index in [2.05, 4.69) is 25.8 Å². The number of carbonyl (C=O) groups excluding carboxylic acids is 2. The highest BCUT2D eigenvalue weighted by atomic mass is 16.2. The summed E-state index contributed by atoms with van der Waals surface area (Å²) in [6.07, 6.45) is 3.16. The molecule has 0 fully saturated rings. The van der Waals surface area contributed by atoms with Crippen LogP contribution in [0.3, 0.4) is 0 Å². The first-order chi connectivity index (χ1) is 14.9. The topological polar surface area (TPSA) is 132 Å². The Morgan fingerprint density at radius 1 is 1.06 bits per heavy atom. The van der Waals surface area contributed by atoms with Crippen molar-refractivity contribution in [1.82, 2.24) is 25.0 Å². The first kappa shape index (κ1) is 21.8. The van der Waals surface area contributed by atoms with Crippen LogP contribution in [0.25, 0.3) is 0 Å². The van der Waals surface area contributed by atoms with E-state index in [9.17, 15) is 9.59 Å². The molecule has 162 valence electrons. The molecule has 5 N–H and O–H groups in total. The average Bonchev–Trinajstić information content (AvgIpc) is 3.26. The van der Waals surface area contributed by atoms with E-state index in [0.717, 1.165) is 5.56 Å². The van der Waals surface area contributed by atoms with E-state index in [1.807, 2.05) is 19.0 Å². The van der Waals surface area contributed by atoms with Gasteiger partial charge in [-0.2, -0.15) is 5.10 Å². The fourth-order valence-corrected chi connectivity index (χ4v) is 2.76. The molecule has 0 radical (unpaired) electrons. The standard InChI is InChI=1S/C21H26N8O2/c1-28(2)11-12-29(21(31)26-19-9-10-24-27-19)14-15-7-8-18(23-13-15)20(30)25-17-6-4-3-5-16(17)22/h3-10,13H,11-12,14,22H2,1-2H3,(H,25,30)(H2,24,26,27,31). The monoisotopic (exact) mass is 422 g/mol. The van der Waals surface area contributed by atoms with E-state index in [0.29, 0.717) is 36.8 Å². The molecule has 0 saturated carbocycles. The number of hydrogen-bond donors (Lipinski definition) is 4. The number of urea groups is 1. The van der Waals surface area contributed by atoms with Gasteiger partial charge in [-0.25, -0.2) is 4.79 Å². The third kappa shape index (κ3) is 6.28. The number of likely N-dealkylation sites (N-methyl/N-ethyl adjacent to an activating group) is 1. The van der Waals surface area contributed by atoms with Gasteiger partial charge in [0.25, 0.3) is 5.91 Å². The number of amides is 3. The average molecular weight is 422 g/mol. The summed E-state index contributed by atoms with van der Waals surface area (Å²) in [7, 11) is 3.89. The number of aromatic amines is 1. The second kappa shape index (κ2) is 10.2. The first-order valence-electron chi connectivity index (χ1n) is 9.73. The number of para-hydroxylation sites is 2. The van der Waals surface area contributed by atoms with Crippen molar-refractivity contribution in [3.63, 3.8) is 0 Å². The van der Waals surface area contributed by atoms with Crippen LogP contribution in [0.5, 0.6) is 0 Å². The minimum absolute atomic E-state index is 0.257. The molecule has 2 aromatic heterocycles. The number of aromatic nitrogens is 3. The largest absolute Gasteiger partial charge is 0.397 e. The molecule has 0 unspecified atom stereocenters. The van der Waals surface area contributed by atoms with Crippen molar-refractivity contribution in [2.45, 2.75) is 6.54 Å². The van der Waals surface area contributed by atoms with Crippen molar-refractivity contribution in [3.8, 4) is 0 Å². The first-order valence-corrected chi connectivity index (χ1v) is 9.73. The zero-order chi connectivity index (χ0) is 22.2. The van der Waals surface area contributed by atoms with Crippen molar-refractivity contribution in [1.29, 1.82) is 0 Å². The highest BCUT2D eigenvalue weighted by molar-refractivity contribution is 6.04. The molecule has 2 heterocycles. The quantitative estimate of drug-likeness (QED) is 0.412. The molecule has 3 amide bonds. The summed E-state index contributed by atoms with van der Waals surface area (Å²) in [5, 5.41) is 12.1. The third-order valence-electron chi connectivity index (χ3n) is 4.49. The van der Waals surface area contributed by atoms with Gasteiger partial charge in [0.2, 0.25) is 0 Å². The summed E-state index contributed by atoms with van der Waals surface area (Å²) in [6.45, 7) is 1.56. The number of nitrogens with zero attached hydrogens (tertiary/aromatic N) is 4. The molecule has 3 aromatic rings. The Morgan fingerprint density at radius 2 is 1.87 bits per heavy atom. The number of nitrogen functional groups attached to an aromatic ring is 1. The normalized spacial score (nSPS) is 10.7. The molecule has 10 heteroatoms. The lowest BCUT2D eigenvalue weighted by atomic mass is 10.2. The molecule has 3 rings (SSSR count). The number of nitrogens with one attached hydrogen (secondary N) is 3. The Kier molecular flexibility index (Phi) is 7.17. The van der Waals surface area contributed by atoms with E-state index in [-0.39, 0.29) is 17.6 Å². The number of nitrogens with two attached hydrogens (primary N) is 1. The highest BCUT2D eigenvalue weighted by Crippen LogP contribution is 2.17. The van der Waals surface area contributed by atoms with Crippen LogP contribution in [0.2, 0.25) is 0 Å². The van der Waals surface area contributed by atoms with Crippen LogP contribution in [-0.2, 0) is 6.54 Å². The van der Waals surface area contributed by atoms with E-state index < -0.39 is 0 Å². The van der Waals surface area contributed by atoms with Gasteiger partial charge in [-0.05, 0) is 37.9 Å². The third-order valence-corrected chi connectivity index (χ3v) is 4.49. The van der Waals surface area contributed by atoms with Gasteiger partial charge in [-0.15, -0.1) is 0 Å². The molecule has 0 saturated heterocycles. The van der Waals surface area contributed by atoms with E-state index in [1.54, 1.807) is 59.8 Å². The lowest BCUT2D eigenvalue weighted by Gasteiger charge is -2.24. The summed E-state index contributed by atoms with van der Waals surface area (Å²) < 4.78 is 0. The van der Waals surface area contributed by atoms with Gasteiger partial charge in [0.05, 0.1) is 17.6 Å². The predicted molar refractivity (Wildman–Crippen MR) is 120 cm³/mol. The van der Waals surface area contributed by atoms with Crippen LogP contribution in [-0.4, -0.2) is 64.1 Å². The Balaban J connectivity index is 1.66. The zero-order valence-electron chi connectivity index (χ0n) is 17.5. The predicted octanol–water partition coefficient (Wildman–Crippen LogP) is 2.23. The van der Waals surface area contributed by atoms with E-state index >= 15 is 0 Å². The van der Waals surface area contributed by atoms with Crippen molar-refractivity contribution in [2.75, 3.05) is 43.6 Å². The summed E-state index contributed by atoms with van der Waals surface area (Å²) in [5.41, 5.74) is 7.93. The molecule has 0 spiro atoms. The van der Waals surface area contributed by atoms with Gasteiger partial charge in [0, 0.05) is 31.9 Å². The Hall–Kier alpha value is -3.92. The van der Waals surface area contributed by atoms with Gasteiger partial charge in [0.1, 0.15) is 11.5 Å². The van der Waals surface area contributed by atoms with Gasteiger partial charge in [-0.1, -0.05) is 18.2 Å². The summed E-state index contributed by atoms with van der Waals surface area (Å²) in [5.74, 6) is 0.163. The van der Waals surface area contributed by atoms with Gasteiger partial charge < -0.3 is 20.9 Å². The second-order valence-electron chi connectivity index (χ2n) is 7.22. The summed E-state index contributed by atoms with van der Waals surface area (Å²) >= 11 is 0. The maximum atomic E-state index is 12.7. The van der Waals surface area contributed by atoms with Crippen molar-refractivity contribution >= 4 is 29.1 Å². The second-order valence-corrected chi connectivity index (χ2v) is 7.22. The van der Waals surface area contributed by atoms with Gasteiger partial charge >= 0.3 is 6.03 Å². The van der Waals surface area contributed by atoms with Gasteiger partial charge in [0.15, 0.2) is 0 Å². The number of pyridine rings is 1. The van der Waals surface area contributed by atoms with Crippen molar-refractivity contribution in [2.24, 2.45) is 0 Å². The van der Waals surface area contributed by atoms with Crippen LogP contribution in [0.1, 0.15) is 16.1 Å². The SMILES string of the molecule is CN(C)CCN(Cc1ccc(C(=O)Nc2ccccc2N)nc1)C(=O)Nc1ccn[nH]1. The van der Waals surface area contributed by atoms with Crippen LogP contribution >= 0.6 is 0 Å². The lowest BCUT2D eigenvalue weighted by molar-refractivity contribution is 0.102. The Morgan fingerprint density at radius 3 is 2.52 bits per heavy atom. The summed E-state index contributed by atoms with van der Waals surface area (Å²) in [6, 6.07) is 11.8. The van der Waals surface area contributed by atoms with Crippen LogP contribution < -0.4 is 16.4 Å². The fourth-order valence-electron chi connectivity index (χ4n) is 2.76. The number of anilines is 3. The van der Waals surface area contributed by atoms with Crippen molar-refractivity contribution in [3.05, 3.63) is 66.1 Å². The molecular weight excluding hydrogens is 396 g/mol. The molecule has 0 bridgehead atoms. The lowest BCUT2D eigenvalue weighted by Crippen LogP contribution is -2.39. The Bertz CT molecular complexity index is 1000. The molecular formula is C21H26N8O2. The number of benzene rings is 1. The van der Waals surface area contributed by atoms with E-state index in [1.165, 1.54) is 0 Å². The smallest absolute Gasteiger partial charge is 0.323 e. The number of hydrogen-bond acceptors (Lipinski definition) is 6. The minimum Gasteiger partial charge on any atom is -0.397 e. The van der Waals surface area contributed by atoms with Crippen LogP contribution in [0.4, 0.5) is 22.0 Å². The molecule has 0 aliphatic carbocycles. The van der Waals surface area contributed by atoms with Crippen molar-refractivity contribution < 1.29 is 9.59 Å². The number of carbonyl (C=O) groups is 2. The molecule has 0 atom stereocenters. The van der Waals surface area contributed by atoms with Crippen LogP contribution in [0, 0.1) is 0 Å². The highest BCUT2D eigenvalue weighted by Gasteiger charge is 2.16. The fraction of sp³-hybridized carbons (Fsp3) is 0.238. The van der Waals surface area contributed by atoms with Gasteiger partial charge in [-0.3, -0.25) is 20.2 Å². The number of H-pyrrole nitrogens is 1. The maximum Gasteiger partial charge on any atom is 0.323 e. The molecule has 0 aliphatic heterocycles.